The number of nitro groups is 1. The summed E-state index contributed by atoms with van der Waals surface area (Å²) in [7, 11) is 0. The number of rotatable bonds is 6. The number of aryl methyl sites for hydroxylation is 1. The van der Waals surface area contributed by atoms with Gasteiger partial charge in [0, 0.05) is 22.9 Å². The molecule has 0 bridgehead atoms. The Morgan fingerprint density at radius 3 is 2.62 bits per heavy atom. The average molecular weight is 493 g/mol. The Balaban J connectivity index is 1.42. The van der Waals surface area contributed by atoms with Crippen molar-refractivity contribution in [3.8, 4) is 16.3 Å². The van der Waals surface area contributed by atoms with Crippen LogP contribution < -0.4 is 15.4 Å². The van der Waals surface area contributed by atoms with E-state index in [9.17, 15) is 14.9 Å². The first kappa shape index (κ1) is 23.3. The molecule has 10 heteroatoms. The standard InChI is InChI=1S/C24H20N4O4S2/c1-3-32-20-11-7-16(13-19(20)28(30)31)22(29)27-24(33)25-17-8-5-15(6-9-17)23-26-18-10-4-14(2)12-21(18)34-23/h4-13H,3H2,1-2H3,(H2,25,27,29,33). The van der Waals surface area contributed by atoms with Gasteiger partial charge in [-0.1, -0.05) is 6.07 Å². The molecule has 0 saturated carbocycles. The number of carbonyl (C=O) groups excluding carboxylic acids is 1. The highest BCUT2D eigenvalue weighted by atomic mass is 32.1. The van der Waals surface area contributed by atoms with Gasteiger partial charge in [-0.3, -0.25) is 20.2 Å². The van der Waals surface area contributed by atoms with Crippen LogP contribution in [0.2, 0.25) is 0 Å². The third-order valence-electron chi connectivity index (χ3n) is 4.88. The smallest absolute Gasteiger partial charge is 0.311 e. The molecule has 0 aliphatic heterocycles. The van der Waals surface area contributed by atoms with Crippen LogP contribution in [0.5, 0.6) is 5.75 Å². The van der Waals surface area contributed by atoms with Crippen LogP contribution >= 0.6 is 23.6 Å². The minimum atomic E-state index is -0.591. The van der Waals surface area contributed by atoms with E-state index in [-0.39, 0.29) is 28.7 Å². The van der Waals surface area contributed by atoms with Crippen molar-refractivity contribution in [1.82, 2.24) is 10.3 Å². The van der Waals surface area contributed by atoms with E-state index in [0.29, 0.717) is 5.69 Å². The summed E-state index contributed by atoms with van der Waals surface area (Å²) in [6, 6.07) is 17.7. The molecule has 4 rings (SSSR count). The number of anilines is 1. The Hall–Kier alpha value is -3.89. The number of nitrogens with one attached hydrogen (secondary N) is 2. The van der Waals surface area contributed by atoms with E-state index in [0.717, 1.165) is 26.9 Å². The maximum absolute atomic E-state index is 12.5. The second-order valence-corrected chi connectivity index (χ2v) is 8.79. The monoisotopic (exact) mass is 492 g/mol. The van der Waals surface area contributed by atoms with Crippen molar-refractivity contribution in [1.29, 1.82) is 0 Å². The highest BCUT2D eigenvalue weighted by Crippen LogP contribution is 2.31. The third-order valence-corrected chi connectivity index (χ3v) is 6.15. The topological polar surface area (TPSA) is 106 Å². The first-order valence-corrected chi connectivity index (χ1v) is 11.6. The molecule has 2 N–H and O–H groups in total. The summed E-state index contributed by atoms with van der Waals surface area (Å²) >= 11 is 6.86. The Labute approximate surface area is 204 Å². The fourth-order valence-electron chi connectivity index (χ4n) is 3.27. The molecule has 0 radical (unpaired) electrons. The molecule has 34 heavy (non-hydrogen) atoms. The number of nitro benzene ring substituents is 1. The second-order valence-electron chi connectivity index (χ2n) is 7.35. The van der Waals surface area contributed by atoms with Gasteiger partial charge in [0.15, 0.2) is 10.9 Å². The largest absolute Gasteiger partial charge is 0.487 e. The molecule has 4 aromatic rings. The number of fused-ring (bicyclic) bond motifs is 1. The van der Waals surface area contributed by atoms with Gasteiger partial charge in [-0.05, 0) is 80.2 Å². The van der Waals surface area contributed by atoms with E-state index < -0.39 is 10.8 Å². The molecule has 172 valence electrons. The minimum Gasteiger partial charge on any atom is -0.487 e. The van der Waals surface area contributed by atoms with Crippen LogP contribution in [0, 0.1) is 17.0 Å². The van der Waals surface area contributed by atoms with Crippen LogP contribution in [0.1, 0.15) is 22.8 Å². The molecule has 1 aromatic heterocycles. The van der Waals surface area contributed by atoms with E-state index >= 15 is 0 Å². The predicted molar refractivity (Wildman–Crippen MR) is 138 cm³/mol. The van der Waals surface area contributed by atoms with E-state index in [2.05, 4.69) is 28.6 Å². The van der Waals surface area contributed by atoms with Crippen LogP contribution in [-0.4, -0.2) is 27.5 Å². The maximum atomic E-state index is 12.5. The molecule has 3 aromatic carbocycles. The lowest BCUT2D eigenvalue weighted by atomic mass is 10.1. The van der Waals surface area contributed by atoms with Crippen molar-refractivity contribution in [2.45, 2.75) is 13.8 Å². The number of thiazole rings is 1. The molecule has 8 nitrogen and oxygen atoms in total. The van der Waals surface area contributed by atoms with Gasteiger partial charge in [0.1, 0.15) is 5.01 Å². The fourth-order valence-corrected chi connectivity index (χ4v) is 4.55. The number of hydrogen-bond donors (Lipinski definition) is 2. The molecular weight excluding hydrogens is 472 g/mol. The maximum Gasteiger partial charge on any atom is 0.311 e. The van der Waals surface area contributed by atoms with Crippen molar-refractivity contribution in [3.05, 3.63) is 81.9 Å². The lowest BCUT2D eigenvalue weighted by Gasteiger charge is -2.11. The number of aromatic nitrogens is 1. The summed E-state index contributed by atoms with van der Waals surface area (Å²) in [6.45, 7) is 4.05. The number of ether oxygens (including phenoxy) is 1. The molecule has 0 unspecified atom stereocenters. The zero-order valence-corrected chi connectivity index (χ0v) is 20.0. The Morgan fingerprint density at radius 2 is 1.91 bits per heavy atom. The van der Waals surface area contributed by atoms with Gasteiger partial charge in [0.25, 0.3) is 5.91 Å². The van der Waals surface area contributed by atoms with Crippen LogP contribution in [0.15, 0.2) is 60.7 Å². The lowest BCUT2D eigenvalue weighted by molar-refractivity contribution is -0.385. The van der Waals surface area contributed by atoms with E-state index in [4.69, 9.17) is 17.0 Å². The van der Waals surface area contributed by atoms with E-state index in [1.165, 1.54) is 17.7 Å². The minimum absolute atomic E-state index is 0.0738. The quantitative estimate of drug-likeness (QED) is 0.202. The van der Waals surface area contributed by atoms with Crippen LogP contribution in [0.3, 0.4) is 0 Å². The highest BCUT2D eigenvalue weighted by Gasteiger charge is 2.19. The number of benzene rings is 3. The summed E-state index contributed by atoms with van der Waals surface area (Å²) in [5, 5.41) is 17.8. The van der Waals surface area contributed by atoms with Gasteiger partial charge in [0.2, 0.25) is 0 Å². The van der Waals surface area contributed by atoms with Crippen molar-refractivity contribution >= 4 is 56.2 Å². The lowest BCUT2D eigenvalue weighted by Crippen LogP contribution is -2.34. The third kappa shape index (κ3) is 5.19. The molecule has 0 atom stereocenters. The van der Waals surface area contributed by atoms with Crippen molar-refractivity contribution in [3.63, 3.8) is 0 Å². The summed E-state index contributed by atoms with van der Waals surface area (Å²) in [6.07, 6.45) is 0. The van der Waals surface area contributed by atoms with E-state index in [1.807, 2.05) is 36.4 Å². The van der Waals surface area contributed by atoms with Crippen LogP contribution in [0.25, 0.3) is 20.8 Å². The number of hydrogen-bond acceptors (Lipinski definition) is 7. The predicted octanol–water partition coefficient (Wildman–Crippen LogP) is 5.71. The Kier molecular flexibility index (Phi) is 6.80. The average Bonchev–Trinajstić information content (AvgIpc) is 3.23. The van der Waals surface area contributed by atoms with Gasteiger partial charge in [0.05, 0.1) is 21.7 Å². The zero-order valence-electron chi connectivity index (χ0n) is 18.3. The molecule has 0 spiro atoms. The van der Waals surface area contributed by atoms with Gasteiger partial charge >= 0.3 is 5.69 Å². The van der Waals surface area contributed by atoms with Crippen LogP contribution in [0.4, 0.5) is 11.4 Å². The van der Waals surface area contributed by atoms with E-state index in [1.54, 1.807) is 18.3 Å². The van der Waals surface area contributed by atoms with Crippen molar-refractivity contribution in [2.75, 3.05) is 11.9 Å². The molecule has 0 saturated heterocycles. The fraction of sp³-hybridized carbons (Fsp3) is 0.125. The molecular formula is C24H20N4O4S2. The Bertz CT molecular complexity index is 1400. The SMILES string of the molecule is CCOc1ccc(C(=O)NC(=S)Nc2ccc(-c3nc4ccc(C)cc4s3)cc2)cc1[N+](=O)[O-]. The van der Waals surface area contributed by atoms with Crippen molar-refractivity contribution < 1.29 is 14.5 Å². The first-order valence-electron chi connectivity index (χ1n) is 10.3. The molecule has 0 fully saturated rings. The number of carbonyl (C=O) groups is 1. The summed E-state index contributed by atoms with van der Waals surface area (Å²) in [5.41, 5.74) is 3.63. The second kappa shape index (κ2) is 9.94. The number of amides is 1. The van der Waals surface area contributed by atoms with Gasteiger partial charge < -0.3 is 10.1 Å². The molecule has 1 heterocycles. The molecule has 1 amide bonds. The summed E-state index contributed by atoms with van der Waals surface area (Å²) in [4.78, 5) is 27.9. The van der Waals surface area contributed by atoms with Gasteiger partial charge in [-0.2, -0.15) is 0 Å². The number of thiocarbonyl (C=S) groups is 1. The van der Waals surface area contributed by atoms with Crippen LogP contribution in [-0.2, 0) is 0 Å². The molecule has 0 aliphatic carbocycles. The first-order chi connectivity index (χ1) is 16.3. The Morgan fingerprint density at radius 1 is 1.15 bits per heavy atom. The zero-order chi connectivity index (χ0) is 24.2. The summed E-state index contributed by atoms with van der Waals surface area (Å²) in [5.74, 6) is -0.460. The molecule has 0 aliphatic rings. The van der Waals surface area contributed by atoms with Gasteiger partial charge in [-0.15, -0.1) is 11.3 Å². The van der Waals surface area contributed by atoms with Gasteiger partial charge in [-0.25, -0.2) is 4.98 Å². The summed E-state index contributed by atoms with van der Waals surface area (Å²) < 4.78 is 6.38. The number of nitrogens with zero attached hydrogens (tertiary/aromatic N) is 2. The normalized spacial score (nSPS) is 10.6. The van der Waals surface area contributed by atoms with Crippen molar-refractivity contribution in [2.24, 2.45) is 0 Å². The highest BCUT2D eigenvalue weighted by molar-refractivity contribution is 7.80.